The fourth-order valence-corrected chi connectivity index (χ4v) is 2.84. The van der Waals surface area contributed by atoms with Gasteiger partial charge in [0.2, 0.25) is 0 Å². The molecule has 15 heavy (non-hydrogen) atoms. The maximum atomic E-state index is 4.68. The summed E-state index contributed by atoms with van der Waals surface area (Å²) in [4.78, 5) is 6.07. The van der Waals surface area contributed by atoms with Crippen molar-refractivity contribution in [3.05, 3.63) is 15.6 Å². The molecule has 1 heterocycles. The van der Waals surface area contributed by atoms with Gasteiger partial charge in [-0.25, -0.2) is 4.98 Å². The minimum absolute atomic E-state index is 0.554. The lowest BCUT2D eigenvalue weighted by Gasteiger charge is -2.00. The topological polar surface area (TPSA) is 24.9 Å². The van der Waals surface area contributed by atoms with E-state index in [2.05, 4.69) is 31.1 Å². The van der Waals surface area contributed by atoms with Gasteiger partial charge in [-0.2, -0.15) is 0 Å². The zero-order valence-electron chi connectivity index (χ0n) is 9.84. The van der Waals surface area contributed by atoms with Gasteiger partial charge in [-0.3, -0.25) is 0 Å². The summed E-state index contributed by atoms with van der Waals surface area (Å²) in [6, 6.07) is 0. The average Bonchev–Trinajstić information content (AvgIpc) is 2.90. The van der Waals surface area contributed by atoms with Crippen LogP contribution in [-0.4, -0.2) is 11.5 Å². The van der Waals surface area contributed by atoms with Gasteiger partial charge in [0.05, 0.1) is 5.69 Å². The number of rotatable bonds is 5. The fourth-order valence-electron chi connectivity index (χ4n) is 1.78. The molecule has 1 aromatic rings. The third-order valence-corrected chi connectivity index (χ3v) is 3.82. The van der Waals surface area contributed by atoms with Gasteiger partial charge >= 0.3 is 0 Å². The third kappa shape index (κ3) is 3.02. The van der Waals surface area contributed by atoms with Crippen molar-refractivity contribution in [1.82, 2.24) is 10.3 Å². The van der Waals surface area contributed by atoms with E-state index >= 15 is 0 Å². The number of aryl methyl sites for hydroxylation is 1. The molecule has 0 spiro atoms. The standard InChI is InChI=1S/C12H20N2S/c1-8(2)12-9(3)15-11(14-12)7-13-6-10-4-5-10/h8,10,13H,4-7H2,1-3H3. The summed E-state index contributed by atoms with van der Waals surface area (Å²) in [6.45, 7) is 8.73. The Morgan fingerprint density at radius 3 is 2.73 bits per heavy atom. The molecule has 0 amide bonds. The number of hydrogen-bond donors (Lipinski definition) is 1. The molecule has 0 aromatic carbocycles. The largest absolute Gasteiger partial charge is 0.310 e. The number of nitrogens with zero attached hydrogens (tertiary/aromatic N) is 1. The predicted octanol–water partition coefficient (Wildman–Crippen LogP) is 3.07. The van der Waals surface area contributed by atoms with Crippen molar-refractivity contribution >= 4 is 11.3 Å². The van der Waals surface area contributed by atoms with Crippen LogP contribution in [-0.2, 0) is 6.54 Å². The van der Waals surface area contributed by atoms with Crippen molar-refractivity contribution in [1.29, 1.82) is 0 Å². The highest BCUT2D eigenvalue weighted by Gasteiger charge is 2.20. The van der Waals surface area contributed by atoms with Crippen LogP contribution in [0.1, 0.15) is 48.2 Å². The van der Waals surface area contributed by atoms with E-state index in [1.807, 2.05) is 11.3 Å². The van der Waals surface area contributed by atoms with Crippen LogP contribution in [0.2, 0.25) is 0 Å². The molecule has 1 saturated carbocycles. The second-order valence-corrected chi connectivity index (χ2v) is 6.07. The molecule has 2 nitrogen and oxygen atoms in total. The van der Waals surface area contributed by atoms with Crippen LogP contribution in [0.25, 0.3) is 0 Å². The number of aromatic nitrogens is 1. The highest BCUT2D eigenvalue weighted by atomic mass is 32.1. The molecule has 1 aliphatic carbocycles. The van der Waals surface area contributed by atoms with Gasteiger partial charge in [0.1, 0.15) is 5.01 Å². The monoisotopic (exact) mass is 224 g/mol. The highest BCUT2D eigenvalue weighted by Crippen LogP contribution is 2.28. The predicted molar refractivity (Wildman–Crippen MR) is 65.4 cm³/mol. The summed E-state index contributed by atoms with van der Waals surface area (Å²) in [5.41, 5.74) is 1.28. The normalized spacial score (nSPS) is 16.3. The van der Waals surface area contributed by atoms with Crippen LogP contribution in [0, 0.1) is 12.8 Å². The molecule has 3 heteroatoms. The van der Waals surface area contributed by atoms with Crippen molar-refractivity contribution in [2.75, 3.05) is 6.54 Å². The minimum Gasteiger partial charge on any atom is -0.310 e. The van der Waals surface area contributed by atoms with Crippen LogP contribution in [0.15, 0.2) is 0 Å². The van der Waals surface area contributed by atoms with Gasteiger partial charge in [-0.05, 0) is 38.1 Å². The Hall–Kier alpha value is -0.410. The first-order valence-corrected chi connectivity index (χ1v) is 6.65. The first-order chi connectivity index (χ1) is 7.16. The lowest BCUT2D eigenvalue weighted by atomic mass is 10.1. The quantitative estimate of drug-likeness (QED) is 0.831. The Morgan fingerprint density at radius 2 is 2.20 bits per heavy atom. The van der Waals surface area contributed by atoms with Crippen LogP contribution >= 0.6 is 11.3 Å². The van der Waals surface area contributed by atoms with Gasteiger partial charge in [0, 0.05) is 11.4 Å². The van der Waals surface area contributed by atoms with Crippen LogP contribution in [0.5, 0.6) is 0 Å². The Morgan fingerprint density at radius 1 is 1.47 bits per heavy atom. The van der Waals surface area contributed by atoms with E-state index in [-0.39, 0.29) is 0 Å². The Kier molecular flexibility index (Phi) is 3.42. The zero-order chi connectivity index (χ0) is 10.8. The molecular weight excluding hydrogens is 204 g/mol. The Labute approximate surface area is 96.1 Å². The number of thiazole rings is 1. The molecule has 0 bridgehead atoms. The molecule has 1 aromatic heterocycles. The third-order valence-electron chi connectivity index (χ3n) is 2.83. The summed E-state index contributed by atoms with van der Waals surface area (Å²) >= 11 is 1.84. The van der Waals surface area contributed by atoms with Crippen molar-refractivity contribution in [2.24, 2.45) is 5.92 Å². The molecule has 84 valence electrons. The molecule has 0 saturated heterocycles. The van der Waals surface area contributed by atoms with Gasteiger partial charge in [-0.15, -0.1) is 11.3 Å². The Bertz CT molecular complexity index is 326. The molecule has 1 aliphatic rings. The molecule has 0 unspecified atom stereocenters. The first kappa shape index (κ1) is 11.1. The summed E-state index contributed by atoms with van der Waals surface area (Å²) in [5, 5.41) is 4.74. The SMILES string of the molecule is Cc1sc(CNCC2CC2)nc1C(C)C. The fraction of sp³-hybridized carbons (Fsp3) is 0.750. The van der Waals surface area contributed by atoms with Gasteiger partial charge in [0.15, 0.2) is 0 Å². The summed E-state index contributed by atoms with van der Waals surface area (Å²) < 4.78 is 0. The van der Waals surface area contributed by atoms with Gasteiger partial charge < -0.3 is 5.32 Å². The maximum absolute atomic E-state index is 4.68. The average molecular weight is 224 g/mol. The van der Waals surface area contributed by atoms with E-state index in [1.165, 1.54) is 35.0 Å². The lowest BCUT2D eigenvalue weighted by molar-refractivity contribution is 0.634. The van der Waals surface area contributed by atoms with Crippen molar-refractivity contribution in [3.8, 4) is 0 Å². The van der Waals surface area contributed by atoms with E-state index in [9.17, 15) is 0 Å². The van der Waals surface area contributed by atoms with E-state index in [4.69, 9.17) is 0 Å². The molecule has 0 atom stereocenters. The molecule has 0 aliphatic heterocycles. The van der Waals surface area contributed by atoms with Crippen molar-refractivity contribution in [2.45, 2.75) is 46.1 Å². The minimum atomic E-state index is 0.554. The Balaban J connectivity index is 1.87. The molecular formula is C12H20N2S. The van der Waals surface area contributed by atoms with Gasteiger partial charge in [-0.1, -0.05) is 13.8 Å². The molecule has 0 radical (unpaired) electrons. The molecule has 1 fully saturated rings. The highest BCUT2D eigenvalue weighted by molar-refractivity contribution is 7.11. The molecule has 2 rings (SSSR count). The van der Waals surface area contributed by atoms with E-state index in [0.717, 1.165) is 12.5 Å². The second-order valence-electron chi connectivity index (χ2n) is 4.78. The second kappa shape index (κ2) is 4.62. The molecule has 1 N–H and O–H groups in total. The van der Waals surface area contributed by atoms with Crippen molar-refractivity contribution in [3.63, 3.8) is 0 Å². The number of nitrogens with one attached hydrogen (secondary N) is 1. The van der Waals surface area contributed by atoms with E-state index in [0.29, 0.717) is 5.92 Å². The summed E-state index contributed by atoms with van der Waals surface area (Å²) in [7, 11) is 0. The van der Waals surface area contributed by atoms with Crippen LogP contribution in [0.4, 0.5) is 0 Å². The van der Waals surface area contributed by atoms with E-state index < -0.39 is 0 Å². The van der Waals surface area contributed by atoms with E-state index in [1.54, 1.807) is 0 Å². The van der Waals surface area contributed by atoms with Crippen LogP contribution < -0.4 is 5.32 Å². The summed E-state index contributed by atoms with van der Waals surface area (Å²) in [5.74, 6) is 1.51. The first-order valence-electron chi connectivity index (χ1n) is 5.83. The van der Waals surface area contributed by atoms with Crippen LogP contribution in [0.3, 0.4) is 0 Å². The maximum Gasteiger partial charge on any atom is 0.107 e. The van der Waals surface area contributed by atoms with Gasteiger partial charge in [0.25, 0.3) is 0 Å². The zero-order valence-corrected chi connectivity index (χ0v) is 10.7. The number of hydrogen-bond acceptors (Lipinski definition) is 3. The summed E-state index contributed by atoms with van der Waals surface area (Å²) in [6.07, 6.45) is 2.84. The lowest BCUT2D eigenvalue weighted by Crippen LogP contribution is -2.15. The van der Waals surface area contributed by atoms with Crippen molar-refractivity contribution < 1.29 is 0 Å². The smallest absolute Gasteiger partial charge is 0.107 e.